The van der Waals surface area contributed by atoms with Gasteiger partial charge in [0.1, 0.15) is 16.8 Å². The van der Waals surface area contributed by atoms with Gasteiger partial charge in [0.25, 0.3) is 0 Å². The molecule has 0 saturated heterocycles. The fraction of sp³-hybridized carbons (Fsp3) is 0.300. The molecule has 0 fully saturated rings. The van der Waals surface area contributed by atoms with Gasteiger partial charge in [-0.25, -0.2) is 0 Å². The maximum Gasteiger partial charge on any atom is 0.376 e. The zero-order chi connectivity index (χ0) is 60.8. The Morgan fingerprint density at radius 2 is 0.943 bits per heavy atom. The first-order valence-electron chi connectivity index (χ1n) is 31.5. The van der Waals surface area contributed by atoms with Gasteiger partial charge in [-0.3, -0.25) is 0 Å². The summed E-state index contributed by atoms with van der Waals surface area (Å²) in [6.07, 6.45) is 2.23. The van der Waals surface area contributed by atoms with E-state index >= 15 is 0 Å². The summed E-state index contributed by atoms with van der Waals surface area (Å²) in [4.78, 5) is 7.60. The number of nitrogens with zero attached hydrogens (tertiary/aromatic N) is 3. The summed E-state index contributed by atoms with van der Waals surface area (Å²) in [5.41, 5.74) is 24.0. The molecule has 7 heteroatoms. The lowest BCUT2D eigenvalue weighted by Crippen LogP contribution is -2.61. The summed E-state index contributed by atoms with van der Waals surface area (Å²) in [5.74, 6) is 0. The fourth-order valence-electron chi connectivity index (χ4n) is 14.6. The number of furan rings is 2. The molecule has 1 aliphatic carbocycles. The summed E-state index contributed by atoms with van der Waals surface area (Å²) in [6.45, 7) is 36.9. The van der Waals surface area contributed by atoms with E-state index in [-0.39, 0.29) is 39.3 Å². The topological polar surface area (TPSA) is 36.0 Å². The number of para-hydroxylation sites is 1. The number of hydrogen-bond acceptors (Lipinski definition) is 6. The van der Waals surface area contributed by atoms with E-state index < -0.39 is 0 Å². The molecule has 15 rings (SSSR count). The van der Waals surface area contributed by atoms with Crippen molar-refractivity contribution < 1.29 is 8.83 Å². The summed E-state index contributed by atoms with van der Waals surface area (Å²) in [5, 5.41) is 5.80. The Labute approximate surface area is 518 Å². The zero-order valence-corrected chi connectivity index (χ0v) is 54.5. The lowest BCUT2D eigenvalue weighted by Gasteiger charge is -2.44. The quantitative estimate of drug-likeness (QED) is 0.161. The minimum Gasteiger partial charge on any atom is -0.466 e. The van der Waals surface area contributed by atoms with Crippen LogP contribution in [0.5, 0.6) is 0 Å². The van der Waals surface area contributed by atoms with Gasteiger partial charge in [0, 0.05) is 76.0 Å². The van der Waals surface area contributed by atoms with Crippen molar-refractivity contribution in [3.05, 3.63) is 203 Å². The molecule has 0 radical (unpaired) electrons. The Hall–Kier alpha value is -8.00. The average Bonchev–Trinajstić information content (AvgIpc) is 1.64. The van der Waals surface area contributed by atoms with Gasteiger partial charge in [-0.05, 0) is 193 Å². The van der Waals surface area contributed by atoms with E-state index in [0.717, 1.165) is 96.9 Å². The van der Waals surface area contributed by atoms with Gasteiger partial charge in [-0.1, -0.05) is 178 Å². The second-order valence-electron chi connectivity index (χ2n) is 30.9. The molecule has 5 nitrogen and oxygen atoms in total. The van der Waals surface area contributed by atoms with Crippen molar-refractivity contribution in [3.8, 4) is 11.1 Å². The molecule has 0 atom stereocenters. The second-order valence-corrected chi connectivity index (χ2v) is 32.0. The van der Waals surface area contributed by atoms with Crippen LogP contribution in [-0.4, -0.2) is 6.85 Å². The molecule has 87 heavy (non-hydrogen) atoms. The third-order valence-corrected chi connectivity index (χ3v) is 21.1. The normalized spacial score (nSPS) is 15.6. The van der Waals surface area contributed by atoms with Gasteiger partial charge >= 0.3 is 6.85 Å². The molecule has 0 spiro atoms. The van der Waals surface area contributed by atoms with Crippen molar-refractivity contribution in [2.75, 3.05) is 14.6 Å². The lowest BCUT2D eigenvalue weighted by molar-refractivity contribution is 0.332. The van der Waals surface area contributed by atoms with Gasteiger partial charge < -0.3 is 23.4 Å². The number of thiophene rings is 1. The molecular formula is C80H80BN3O2S. The van der Waals surface area contributed by atoms with Gasteiger partial charge in [0.15, 0.2) is 5.58 Å². The molecule has 9 aromatic carbocycles. The summed E-state index contributed by atoms with van der Waals surface area (Å²) < 4.78 is 17.6. The van der Waals surface area contributed by atoms with Gasteiger partial charge in [0.05, 0.1) is 11.4 Å². The van der Waals surface area contributed by atoms with Crippen molar-refractivity contribution in [1.29, 1.82) is 0 Å². The smallest absolute Gasteiger partial charge is 0.376 e. The van der Waals surface area contributed by atoms with E-state index in [1.807, 2.05) is 11.3 Å². The van der Waals surface area contributed by atoms with Crippen LogP contribution in [0.2, 0.25) is 0 Å². The molecule has 0 N–H and O–H groups in total. The van der Waals surface area contributed by atoms with Crippen LogP contribution in [0.4, 0.5) is 45.5 Å². The summed E-state index contributed by atoms with van der Waals surface area (Å²) >= 11 is 1.88. The minimum absolute atomic E-state index is 0.0138. The molecule has 12 aromatic rings. The van der Waals surface area contributed by atoms with Crippen LogP contribution in [0.3, 0.4) is 0 Å². The maximum atomic E-state index is 7.79. The van der Waals surface area contributed by atoms with Crippen LogP contribution in [0, 0.1) is 0 Å². The SMILES string of the molecule is CC(C)(C)c1ccc(N2B3c4oc5cc6c(cc5c4N(c4ccc(C(C)(C)C)cc4)c4c3c(cc3c4oc4ccccc43)-c3cc4c(cc32)sc2ccc(N(c3ccc(C(C)(C)C)cc3)c3ccc(C(C)(C)C)cc3)cc24)C(C)(C)CCC6(C)C)cc1. The molecule has 3 aromatic heterocycles. The number of hydrogen-bond donors (Lipinski definition) is 0. The van der Waals surface area contributed by atoms with E-state index in [2.05, 4.69) is 295 Å². The monoisotopic (exact) mass is 1160 g/mol. The van der Waals surface area contributed by atoms with E-state index in [4.69, 9.17) is 8.83 Å². The zero-order valence-electron chi connectivity index (χ0n) is 53.7. The Morgan fingerprint density at radius 3 is 1.52 bits per heavy atom. The third-order valence-electron chi connectivity index (χ3n) is 19.9. The number of fused-ring (bicyclic) bond motifs is 14. The Morgan fingerprint density at radius 1 is 0.437 bits per heavy atom. The highest BCUT2D eigenvalue weighted by Crippen LogP contribution is 2.56. The minimum atomic E-state index is -0.368. The molecule has 0 amide bonds. The molecule has 436 valence electrons. The predicted octanol–water partition coefficient (Wildman–Crippen LogP) is 22.4. The van der Waals surface area contributed by atoms with E-state index in [9.17, 15) is 0 Å². The predicted molar refractivity (Wildman–Crippen MR) is 375 cm³/mol. The Balaban J connectivity index is 1.04. The number of anilines is 8. The molecular weight excluding hydrogens is 1080 g/mol. The van der Waals surface area contributed by atoms with Crippen LogP contribution in [0.15, 0.2) is 179 Å². The first-order valence-corrected chi connectivity index (χ1v) is 32.4. The highest BCUT2D eigenvalue weighted by Gasteiger charge is 2.51. The average molecular weight is 1160 g/mol. The molecule has 0 bridgehead atoms. The standard InChI is InChI=1S/C80H80BN3O2S/c1-75(2,3)47-21-29-51(30-22-47)82(52-31-23-48(24-32-52)76(4,5)6)55-37-38-68-58(41-55)59-42-57-60-43-61-56-19-17-18-20-66(56)85-73(61)72-70(60)81(84(65(57)46-69(59)87-68)54-35-27-50(28-36-54)78(10,11)12)74-71(83(72)53-33-25-49(26-34-53)77(7,8)9)62-44-63-64(45-67(62)86-74)80(15,16)40-39-79(63,13)14/h17-38,41-46H,39-40H2,1-16H3. The maximum absolute atomic E-state index is 7.79. The van der Waals surface area contributed by atoms with Crippen LogP contribution in [0.25, 0.3) is 64.2 Å². The first-order chi connectivity index (χ1) is 41.1. The van der Waals surface area contributed by atoms with Gasteiger partial charge in [0.2, 0.25) is 0 Å². The largest absolute Gasteiger partial charge is 0.466 e. The summed E-state index contributed by atoms with van der Waals surface area (Å²) in [7, 11) is 0. The van der Waals surface area contributed by atoms with Crippen molar-refractivity contribution in [2.24, 2.45) is 0 Å². The van der Waals surface area contributed by atoms with Gasteiger partial charge in [-0.15, -0.1) is 11.3 Å². The molecule has 2 aliphatic heterocycles. The van der Waals surface area contributed by atoms with Crippen molar-refractivity contribution in [2.45, 2.75) is 156 Å². The van der Waals surface area contributed by atoms with Crippen LogP contribution >= 0.6 is 11.3 Å². The highest BCUT2D eigenvalue weighted by molar-refractivity contribution is 7.25. The van der Waals surface area contributed by atoms with Crippen LogP contribution < -0.4 is 25.7 Å². The van der Waals surface area contributed by atoms with Crippen molar-refractivity contribution in [1.82, 2.24) is 0 Å². The number of benzene rings is 9. The Bertz CT molecular complexity index is 4720. The third kappa shape index (κ3) is 8.74. The first kappa shape index (κ1) is 55.6. The second kappa shape index (κ2) is 18.8. The molecule has 3 aliphatic rings. The molecule has 5 heterocycles. The van der Waals surface area contributed by atoms with Gasteiger partial charge in [-0.2, -0.15) is 0 Å². The van der Waals surface area contributed by atoms with E-state index in [1.54, 1.807) is 0 Å². The summed E-state index contributed by atoms with van der Waals surface area (Å²) in [6, 6.07) is 65.3. The molecule has 0 saturated carbocycles. The molecule has 0 unspecified atom stereocenters. The van der Waals surface area contributed by atoms with Crippen molar-refractivity contribution >= 4 is 128 Å². The highest BCUT2D eigenvalue weighted by atomic mass is 32.1. The van der Waals surface area contributed by atoms with E-state index in [0.29, 0.717) is 0 Å². The Kier molecular flexibility index (Phi) is 12.0. The van der Waals surface area contributed by atoms with Crippen molar-refractivity contribution in [3.63, 3.8) is 0 Å². The number of rotatable bonds is 5. The lowest BCUT2D eigenvalue weighted by atomic mass is 9.45. The van der Waals surface area contributed by atoms with E-state index in [1.165, 1.54) is 70.1 Å². The van der Waals surface area contributed by atoms with Crippen LogP contribution in [0.1, 0.15) is 157 Å². The fourth-order valence-corrected chi connectivity index (χ4v) is 15.7. The van der Waals surface area contributed by atoms with Crippen LogP contribution in [-0.2, 0) is 32.5 Å².